The molecule has 4 heteroatoms. The molecular weight excluding hydrogens is 252 g/mol. The maximum atomic E-state index is 8.72. The number of rotatable bonds is 7. The smallest absolute Gasteiger partial charge is 0.144 e. The van der Waals surface area contributed by atoms with Crippen LogP contribution in [0.1, 0.15) is 44.2 Å². The maximum absolute atomic E-state index is 8.72. The number of benzene rings is 1. The van der Waals surface area contributed by atoms with Crippen molar-refractivity contribution in [2.75, 3.05) is 6.61 Å². The Labute approximate surface area is 121 Å². The van der Waals surface area contributed by atoms with Crippen molar-refractivity contribution in [3.63, 3.8) is 0 Å². The summed E-state index contributed by atoms with van der Waals surface area (Å²) in [6, 6.07) is 6.10. The van der Waals surface area contributed by atoms with Gasteiger partial charge in [0.05, 0.1) is 6.61 Å². The third-order valence-corrected chi connectivity index (χ3v) is 3.81. The van der Waals surface area contributed by atoms with Crippen LogP contribution in [0.25, 0.3) is 0 Å². The summed E-state index contributed by atoms with van der Waals surface area (Å²) < 4.78 is 5.81. The molecule has 0 heterocycles. The van der Waals surface area contributed by atoms with Gasteiger partial charge >= 0.3 is 0 Å². The predicted molar refractivity (Wildman–Crippen MR) is 82.5 cm³/mol. The van der Waals surface area contributed by atoms with Crippen LogP contribution in [0.2, 0.25) is 0 Å². The number of hydrogen-bond donors (Lipinski definition) is 2. The standard InChI is InChI=1S/C16H26N2O2/c1-12-8-7-9-14(13(12)2)20-11-6-5-10-16(3,4)15(17)18-19/h7-9,19H,5-6,10-11H2,1-4H3,(H2,17,18). The molecule has 0 amide bonds. The average Bonchev–Trinajstić information content (AvgIpc) is 2.41. The fourth-order valence-corrected chi connectivity index (χ4v) is 2.00. The summed E-state index contributed by atoms with van der Waals surface area (Å²) in [5.41, 5.74) is 7.84. The largest absolute Gasteiger partial charge is 0.493 e. The summed E-state index contributed by atoms with van der Waals surface area (Å²) in [6.07, 6.45) is 2.81. The molecule has 0 aromatic heterocycles. The first kappa shape index (κ1) is 16.3. The average molecular weight is 278 g/mol. The van der Waals surface area contributed by atoms with E-state index in [-0.39, 0.29) is 11.3 Å². The Bertz CT molecular complexity index is 468. The van der Waals surface area contributed by atoms with Gasteiger partial charge in [-0.05, 0) is 50.3 Å². The van der Waals surface area contributed by atoms with E-state index in [1.165, 1.54) is 11.1 Å². The summed E-state index contributed by atoms with van der Waals surface area (Å²) >= 11 is 0. The van der Waals surface area contributed by atoms with Gasteiger partial charge in [-0.15, -0.1) is 0 Å². The first-order valence-corrected chi connectivity index (χ1v) is 7.05. The summed E-state index contributed by atoms with van der Waals surface area (Å²) in [6.45, 7) is 8.81. The highest BCUT2D eigenvalue weighted by Crippen LogP contribution is 2.24. The van der Waals surface area contributed by atoms with Crippen LogP contribution < -0.4 is 10.5 Å². The lowest BCUT2D eigenvalue weighted by Gasteiger charge is -2.22. The van der Waals surface area contributed by atoms with Gasteiger partial charge in [0, 0.05) is 5.41 Å². The molecule has 0 bridgehead atoms. The molecule has 0 aliphatic carbocycles. The minimum atomic E-state index is -0.270. The van der Waals surface area contributed by atoms with Gasteiger partial charge in [-0.3, -0.25) is 0 Å². The van der Waals surface area contributed by atoms with E-state index in [2.05, 4.69) is 25.1 Å². The van der Waals surface area contributed by atoms with Gasteiger partial charge in [0.1, 0.15) is 11.6 Å². The third kappa shape index (κ3) is 4.44. The molecule has 0 radical (unpaired) electrons. The molecule has 0 saturated heterocycles. The number of ether oxygens (including phenoxy) is 1. The minimum Gasteiger partial charge on any atom is -0.493 e. The van der Waals surface area contributed by atoms with Crippen molar-refractivity contribution in [3.8, 4) is 5.75 Å². The van der Waals surface area contributed by atoms with Crippen molar-refractivity contribution in [2.45, 2.75) is 47.0 Å². The fourth-order valence-electron chi connectivity index (χ4n) is 2.00. The van der Waals surface area contributed by atoms with Crippen LogP contribution in [0.5, 0.6) is 5.75 Å². The first-order valence-electron chi connectivity index (χ1n) is 7.05. The Morgan fingerprint density at radius 2 is 2.00 bits per heavy atom. The van der Waals surface area contributed by atoms with E-state index in [1.807, 2.05) is 26.0 Å². The quantitative estimate of drug-likeness (QED) is 0.263. The van der Waals surface area contributed by atoms with Crippen molar-refractivity contribution < 1.29 is 9.94 Å². The maximum Gasteiger partial charge on any atom is 0.144 e. The van der Waals surface area contributed by atoms with Crippen molar-refractivity contribution in [1.29, 1.82) is 0 Å². The van der Waals surface area contributed by atoms with Crippen molar-refractivity contribution in [1.82, 2.24) is 0 Å². The van der Waals surface area contributed by atoms with Gasteiger partial charge in [-0.25, -0.2) is 0 Å². The van der Waals surface area contributed by atoms with Crippen LogP contribution in [0.15, 0.2) is 23.4 Å². The molecule has 1 aromatic rings. The lowest BCUT2D eigenvalue weighted by molar-refractivity contribution is 0.287. The zero-order valence-electron chi connectivity index (χ0n) is 12.9. The van der Waals surface area contributed by atoms with Crippen LogP contribution in [0, 0.1) is 19.3 Å². The summed E-state index contributed by atoms with van der Waals surface area (Å²) in [7, 11) is 0. The van der Waals surface area contributed by atoms with Gasteiger partial charge in [-0.1, -0.05) is 31.1 Å². The van der Waals surface area contributed by atoms with E-state index in [0.29, 0.717) is 6.61 Å². The summed E-state index contributed by atoms with van der Waals surface area (Å²) in [5.74, 6) is 1.24. The zero-order valence-corrected chi connectivity index (χ0v) is 12.9. The van der Waals surface area contributed by atoms with E-state index < -0.39 is 0 Å². The molecule has 0 spiro atoms. The van der Waals surface area contributed by atoms with Crippen LogP contribution in [-0.2, 0) is 0 Å². The number of amidine groups is 1. The van der Waals surface area contributed by atoms with Crippen LogP contribution in [-0.4, -0.2) is 17.6 Å². The molecule has 1 aromatic carbocycles. The Balaban J connectivity index is 2.34. The second kappa shape index (κ2) is 7.17. The molecule has 112 valence electrons. The van der Waals surface area contributed by atoms with E-state index in [1.54, 1.807) is 0 Å². The van der Waals surface area contributed by atoms with E-state index >= 15 is 0 Å². The molecule has 0 fully saturated rings. The van der Waals surface area contributed by atoms with Crippen LogP contribution in [0.3, 0.4) is 0 Å². The summed E-state index contributed by atoms with van der Waals surface area (Å²) in [4.78, 5) is 0. The SMILES string of the molecule is Cc1cccc(OCCCCC(C)(C)/C(N)=N/O)c1C. The number of unbranched alkanes of at least 4 members (excludes halogenated alkanes) is 1. The van der Waals surface area contributed by atoms with Crippen molar-refractivity contribution >= 4 is 5.84 Å². The Morgan fingerprint density at radius 1 is 1.30 bits per heavy atom. The van der Waals surface area contributed by atoms with Crippen molar-refractivity contribution in [2.24, 2.45) is 16.3 Å². The van der Waals surface area contributed by atoms with Crippen LogP contribution >= 0.6 is 0 Å². The lowest BCUT2D eigenvalue weighted by Crippen LogP contribution is -2.31. The Morgan fingerprint density at radius 3 is 2.65 bits per heavy atom. The molecular formula is C16H26N2O2. The lowest BCUT2D eigenvalue weighted by atomic mass is 9.86. The number of nitrogens with two attached hydrogens (primary N) is 1. The number of nitrogens with zero attached hydrogens (tertiary/aromatic N) is 1. The molecule has 0 unspecified atom stereocenters. The zero-order chi connectivity index (χ0) is 15.2. The fraction of sp³-hybridized carbons (Fsp3) is 0.562. The molecule has 0 aliphatic heterocycles. The van der Waals surface area contributed by atoms with Gasteiger partial charge in [0.2, 0.25) is 0 Å². The molecule has 1 rings (SSSR count). The normalized spacial score (nSPS) is 12.5. The predicted octanol–water partition coefficient (Wildman–Crippen LogP) is 3.63. The molecule has 0 saturated carbocycles. The highest BCUT2D eigenvalue weighted by Gasteiger charge is 2.22. The second-order valence-corrected chi connectivity index (χ2v) is 5.87. The van der Waals surface area contributed by atoms with Gasteiger partial charge < -0.3 is 15.7 Å². The Kier molecular flexibility index (Phi) is 5.86. The summed E-state index contributed by atoms with van der Waals surface area (Å²) in [5, 5.41) is 11.8. The highest BCUT2D eigenvalue weighted by atomic mass is 16.5. The van der Waals surface area contributed by atoms with E-state index in [9.17, 15) is 0 Å². The Hall–Kier alpha value is -1.71. The topological polar surface area (TPSA) is 67.8 Å². The monoisotopic (exact) mass is 278 g/mol. The van der Waals surface area contributed by atoms with Crippen LogP contribution in [0.4, 0.5) is 0 Å². The molecule has 20 heavy (non-hydrogen) atoms. The first-order chi connectivity index (χ1) is 9.38. The molecule has 3 N–H and O–H groups in total. The second-order valence-electron chi connectivity index (χ2n) is 5.87. The number of hydrogen-bond acceptors (Lipinski definition) is 3. The van der Waals surface area contributed by atoms with E-state index in [0.717, 1.165) is 25.0 Å². The number of oxime groups is 1. The van der Waals surface area contributed by atoms with E-state index in [4.69, 9.17) is 15.7 Å². The van der Waals surface area contributed by atoms with Gasteiger partial charge in [0.25, 0.3) is 0 Å². The minimum absolute atomic E-state index is 0.270. The molecule has 0 atom stereocenters. The highest BCUT2D eigenvalue weighted by molar-refractivity contribution is 5.85. The number of aryl methyl sites for hydroxylation is 1. The third-order valence-electron chi connectivity index (χ3n) is 3.81. The van der Waals surface area contributed by atoms with Gasteiger partial charge in [-0.2, -0.15) is 0 Å². The van der Waals surface area contributed by atoms with Crippen molar-refractivity contribution in [3.05, 3.63) is 29.3 Å². The molecule has 0 aliphatic rings. The molecule has 4 nitrogen and oxygen atoms in total. The van der Waals surface area contributed by atoms with Gasteiger partial charge in [0.15, 0.2) is 0 Å².